The van der Waals surface area contributed by atoms with Gasteiger partial charge in [-0.05, 0) is 30.5 Å². The molecule has 0 aromatic carbocycles. The van der Waals surface area contributed by atoms with Crippen LogP contribution in [0.1, 0.15) is 17.7 Å². The van der Waals surface area contributed by atoms with Crippen LogP contribution in [0, 0.1) is 0 Å². The minimum Gasteiger partial charge on any atom is -0.466 e. The largest absolute Gasteiger partial charge is 0.466 e. The highest BCUT2D eigenvalue weighted by atomic mass is 16.5. The fourth-order valence-corrected chi connectivity index (χ4v) is 1.60. The number of esters is 1. The van der Waals surface area contributed by atoms with Crippen LogP contribution in [0.5, 0.6) is 0 Å². The van der Waals surface area contributed by atoms with Crippen LogP contribution < -0.4 is 0 Å². The number of aromatic nitrogens is 1. The lowest BCUT2D eigenvalue weighted by Crippen LogP contribution is -2.10. The predicted octanol–water partition coefficient (Wildman–Crippen LogP) is 1.58. The summed E-state index contributed by atoms with van der Waals surface area (Å²) >= 11 is 0. The SMILES string of the molecule is COC(=O)C1=Cc2cccnc2CC1. The number of nitrogens with zero attached hydrogens (tertiary/aromatic N) is 1. The second kappa shape index (κ2) is 3.62. The Bertz CT molecular complexity index is 396. The van der Waals surface area contributed by atoms with Crippen LogP contribution in [-0.2, 0) is 16.0 Å². The van der Waals surface area contributed by atoms with E-state index in [2.05, 4.69) is 9.72 Å². The molecule has 0 fully saturated rings. The van der Waals surface area contributed by atoms with E-state index < -0.39 is 0 Å². The zero-order chi connectivity index (χ0) is 9.97. The summed E-state index contributed by atoms with van der Waals surface area (Å²) in [5.74, 6) is -0.237. The molecule has 0 amide bonds. The van der Waals surface area contributed by atoms with Gasteiger partial charge in [-0.2, -0.15) is 0 Å². The number of methoxy groups -OCH3 is 1. The van der Waals surface area contributed by atoms with E-state index in [1.54, 1.807) is 6.20 Å². The molecule has 2 rings (SSSR count). The number of aryl methyl sites for hydroxylation is 1. The van der Waals surface area contributed by atoms with E-state index in [0.29, 0.717) is 0 Å². The van der Waals surface area contributed by atoms with Gasteiger partial charge in [0.1, 0.15) is 0 Å². The molecule has 14 heavy (non-hydrogen) atoms. The highest BCUT2D eigenvalue weighted by Gasteiger charge is 2.16. The van der Waals surface area contributed by atoms with Crippen LogP contribution in [0.15, 0.2) is 23.9 Å². The van der Waals surface area contributed by atoms with E-state index in [1.165, 1.54) is 7.11 Å². The van der Waals surface area contributed by atoms with Gasteiger partial charge >= 0.3 is 5.97 Å². The Labute approximate surface area is 82.4 Å². The van der Waals surface area contributed by atoms with Crippen molar-refractivity contribution in [3.63, 3.8) is 0 Å². The highest BCUT2D eigenvalue weighted by Crippen LogP contribution is 2.22. The molecule has 1 aliphatic rings. The van der Waals surface area contributed by atoms with Crippen LogP contribution in [-0.4, -0.2) is 18.1 Å². The Kier molecular flexibility index (Phi) is 2.31. The van der Waals surface area contributed by atoms with Crippen molar-refractivity contribution in [3.05, 3.63) is 35.2 Å². The molecule has 1 heterocycles. The van der Waals surface area contributed by atoms with Crippen molar-refractivity contribution in [1.29, 1.82) is 0 Å². The third kappa shape index (κ3) is 1.53. The number of carbonyl (C=O) groups excluding carboxylic acids is 1. The normalized spacial score (nSPS) is 14.2. The van der Waals surface area contributed by atoms with Crippen LogP contribution in [0.3, 0.4) is 0 Å². The molecule has 0 aliphatic heterocycles. The first kappa shape index (κ1) is 8.94. The fourth-order valence-electron chi connectivity index (χ4n) is 1.60. The fraction of sp³-hybridized carbons (Fsp3) is 0.273. The Morgan fingerprint density at radius 3 is 3.14 bits per heavy atom. The van der Waals surface area contributed by atoms with Crippen LogP contribution >= 0.6 is 0 Å². The van der Waals surface area contributed by atoms with Crippen molar-refractivity contribution in [1.82, 2.24) is 4.98 Å². The van der Waals surface area contributed by atoms with Gasteiger partial charge < -0.3 is 4.74 Å². The monoisotopic (exact) mass is 189 g/mol. The first-order valence-electron chi connectivity index (χ1n) is 4.54. The molecule has 1 aromatic rings. The van der Waals surface area contributed by atoms with Crippen molar-refractivity contribution in [2.75, 3.05) is 7.11 Å². The van der Waals surface area contributed by atoms with Crippen LogP contribution in [0.2, 0.25) is 0 Å². The average Bonchev–Trinajstić information content (AvgIpc) is 2.27. The molecule has 0 unspecified atom stereocenters. The topological polar surface area (TPSA) is 39.2 Å². The summed E-state index contributed by atoms with van der Waals surface area (Å²) in [5, 5.41) is 0. The molecule has 0 radical (unpaired) electrons. The molecule has 0 saturated heterocycles. The lowest BCUT2D eigenvalue weighted by molar-refractivity contribution is -0.136. The standard InChI is InChI=1S/C11H11NO2/c1-14-11(13)9-4-5-10-8(7-9)3-2-6-12-10/h2-3,6-7H,4-5H2,1H3. The third-order valence-corrected chi connectivity index (χ3v) is 2.33. The lowest BCUT2D eigenvalue weighted by atomic mass is 9.96. The van der Waals surface area contributed by atoms with E-state index in [-0.39, 0.29) is 5.97 Å². The molecule has 0 N–H and O–H groups in total. The van der Waals surface area contributed by atoms with Gasteiger partial charge in [0.05, 0.1) is 7.11 Å². The summed E-state index contributed by atoms with van der Waals surface area (Å²) in [6.45, 7) is 0. The lowest BCUT2D eigenvalue weighted by Gasteiger charge is -2.13. The number of pyridine rings is 1. The number of rotatable bonds is 1. The van der Waals surface area contributed by atoms with Gasteiger partial charge in [0.15, 0.2) is 0 Å². The second-order valence-corrected chi connectivity index (χ2v) is 3.20. The molecular weight excluding hydrogens is 178 g/mol. The molecule has 3 nitrogen and oxygen atoms in total. The molecular formula is C11H11NO2. The number of hydrogen-bond acceptors (Lipinski definition) is 3. The highest BCUT2D eigenvalue weighted by molar-refractivity contribution is 5.94. The molecule has 0 atom stereocenters. The van der Waals surface area contributed by atoms with Crippen molar-refractivity contribution in [2.45, 2.75) is 12.8 Å². The minimum absolute atomic E-state index is 0.237. The van der Waals surface area contributed by atoms with Crippen molar-refractivity contribution in [3.8, 4) is 0 Å². The van der Waals surface area contributed by atoms with Crippen molar-refractivity contribution >= 4 is 12.0 Å². The summed E-state index contributed by atoms with van der Waals surface area (Å²) in [6, 6.07) is 3.83. The minimum atomic E-state index is -0.237. The summed E-state index contributed by atoms with van der Waals surface area (Å²) in [4.78, 5) is 15.5. The third-order valence-electron chi connectivity index (χ3n) is 2.33. The molecule has 0 spiro atoms. The Morgan fingerprint density at radius 1 is 1.50 bits per heavy atom. The summed E-state index contributed by atoms with van der Waals surface area (Å²) in [5.41, 5.74) is 2.81. The van der Waals surface area contributed by atoms with Crippen molar-refractivity contribution in [2.24, 2.45) is 0 Å². The van der Waals surface area contributed by atoms with Gasteiger partial charge in [-0.25, -0.2) is 4.79 Å². The molecule has 0 bridgehead atoms. The van der Waals surface area contributed by atoms with Gasteiger partial charge in [-0.1, -0.05) is 6.07 Å². The van der Waals surface area contributed by atoms with E-state index in [1.807, 2.05) is 18.2 Å². The number of carbonyl (C=O) groups is 1. The van der Waals surface area contributed by atoms with E-state index >= 15 is 0 Å². The quantitative estimate of drug-likeness (QED) is 0.630. The Morgan fingerprint density at radius 2 is 2.36 bits per heavy atom. The van der Waals surface area contributed by atoms with E-state index in [0.717, 1.165) is 29.7 Å². The van der Waals surface area contributed by atoms with Gasteiger partial charge in [0.25, 0.3) is 0 Å². The first-order chi connectivity index (χ1) is 6.81. The van der Waals surface area contributed by atoms with Crippen LogP contribution in [0.25, 0.3) is 6.08 Å². The molecule has 1 aliphatic carbocycles. The van der Waals surface area contributed by atoms with E-state index in [9.17, 15) is 4.79 Å². The van der Waals surface area contributed by atoms with E-state index in [4.69, 9.17) is 0 Å². The number of ether oxygens (including phenoxy) is 1. The van der Waals surface area contributed by atoms with Gasteiger partial charge in [0.2, 0.25) is 0 Å². The summed E-state index contributed by atoms with van der Waals surface area (Å²) < 4.78 is 4.68. The molecule has 0 saturated carbocycles. The molecule has 1 aromatic heterocycles. The number of fused-ring (bicyclic) bond motifs is 1. The van der Waals surface area contributed by atoms with Gasteiger partial charge in [-0.3, -0.25) is 4.98 Å². The smallest absolute Gasteiger partial charge is 0.333 e. The average molecular weight is 189 g/mol. The maximum absolute atomic E-state index is 11.3. The molecule has 3 heteroatoms. The van der Waals surface area contributed by atoms with Gasteiger partial charge in [-0.15, -0.1) is 0 Å². The maximum Gasteiger partial charge on any atom is 0.333 e. The second-order valence-electron chi connectivity index (χ2n) is 3.20. The van der Waals surface area contributed by atoms with Crippen LogP contribution in [0.4, 0.5) is 0 Å². The zero-order valence-electron chi connectivity index (χ0n) is 7.99. The Hall–Kier alpha value is -1.64. The molecule has 72 valence electrons. The zero-order valence-corrected chi connectivity index (χ0v) is 7.99. The van der Waals surface area contributed by atoms with Gasteiger partial charge in [0, 0.05) is 17.5 Å². The summed E-state index contributed by atoms with van der Waals surface area (Å²) in [6.07, 6.45) is 5.17. The first-order valence-corrected chi connectivity index (χ1v) is 4.54. The predicted molar refractivity (Wildman–Crippen MR) is 52.6 cm³/mol. The summed E-state index contributed by atoms with van der Waals surface area (Å²) in [7, 11) is 1.40. The van der Waals surface area contributed by atoms with Crippen molar-refractivity contribution < 1.29 is 9.53 Å². The maximum atomic E-state index is 11.3. The number of hydrogen-bond donors (Lipinski definition) is 0. The Balaban J connectivity index is 2.36.